The van der Waals surface area contributed by atoms with Crippen LogP contribution in [0, 0.1) is 5.82 Å². The molecule has 10 heteroatoms. The quantitative estimate of drug-likeness (QED) is 0.360. The summed E-state index contributed by atoms with van der Waals surface area (Å²) in [6.45, 7) is 1.61. The molecule has 0 radical (unpaired) electrons. The van der Waals surface area contributed by atoms with Crippen molar-refractivity contribution in [2.24, 2.45) is 5.11 Å². The number of ether oxygens (including phenoxy) is 1. The fourth-order valence-corrected chi connectivity index (χ4v) is 2.99. The highest BCUT2D eigenvalue weighted by Crippen LogP contribution is 2.29. The minimum Gasteiger partial charge on any atom is -0.444 e. The molecule has 126 valence electrons. The van der Waals surface area contributed by atoms with E-state index in [0.29, 0.717) is 23.0 Å². The number of nitrogens with zero attached hydrogens (tertiary/aromatic N) is 6. The molecule has 0 aromatic heterocycles. The number of halogens is 1. The molecule has 0 aliphatic carbocycles. The molecule has 0 N–H and O–H groups in total. The highest BCUT2D eigenvalue weighted by atomic mass is 32.1. The Morgan fingerprint density at radius 1 is 1.46 bits per heavy atom. The monoisotopic (exact) mass is 350 g/mol. The maximum absolute atomic E-state index is 14.5. The normalized spacial score (nSPS) is 20.4. The number of hydrogen-bond donors (Lipinski definition) is 0. The predicted octanol–water partition coefficient (Wildman–Crippen LogP) is 2.50. The van der Waals surface area contributed by atoms with E-state index in [4.69, 9.17) is 22.5 Å². The third-order valence-corrected chi connectivity index (χ3v) is 4.50. The standard InChI is InChI=1S/C14H15FN6O2S/c1-19-4-5-20(13(19)24)12-3-2-9(6-11(12)15)21-8-10(7-17-18-16)23-14(21)22/h2-3,6,10H,4-5,7-8H2,1H3/t10-/m1/s1. The molecular weight excluding hydrogens is 335 g/mol. The number of anilines is 2. The van der Waals surface area contributed by atoms with E-state index in [-0.39, 0.29) is 13.1 Å². The van der Waals surface area contributed by atoms with E-state index in [1.54, 1.807) is 17.0 Å². The van der Waals surface area contributed by atoms with Crippen molar-refractivity contribution in [2.45, 2.75) is 6.10 Å². The summed E-state index contributed by atoms with van der Waals surface area (Å²) in [5.74, 6) is -0.462. The van der Waals surface area contributed by atoms with Gasteiger partial charge in [0.15, 0.2) is 5.11 Å². The number of amides is 1. The Morgan fingerprint density at radius 2 is 2.25 bits per heavy atom. The summed E-state index contributed by atoms with van der Waals surface area (Å²) in [5.41, 5.74) is 9.09. The number of rotatable bonds is 4. The Labute approximate surface area is 143 Å². The van der Waals surface area contributed by atoms with E-state index in [9.17, 15) is 9.18 Å². The molecule has 2 heterocycles. The van der Waals surface area contributed by atoms with Crippen LogP contribution in [0.5, 0.6) is 0 Å². The van der Waals surface area contributed by atoms with Crippen molar-refractivity contribution in [3.8, 4) is 0 Å². The molecule has 8 nitrogen and oxygen atoms in total. The summed E-state index contributed by atoms with van der Waals surface area (Å²) in [4.78, 5) is 19.5. The highest BCUT2D eigenvalue weighted by Gasteiger charge is 2.33. The van der Waals surface area contributed by atoms with E-state index in [1.807, 2.05) is 11.9 Å². The third-order valence-electron chi connectivity index (χ3n) is 3.97. The van der Waals surface area contributed by atoms with E-state index >= 15 is 0 Å². The summed E-state index contributed by atoms with van der Waals surface area (Å²) >= 11 is 5.28. The molecule has 2 saturated heterocycles. The van der Waals surface area contributed by atoms with Gasteiger partial charge in [-0.3, -0.25) is 4.90 Å². The molecule has 2 aliphatic rings. The molecule has 24 heavy (non-hydrogen) atoms. The van der Waals surface area contributed by atoms with Gasteiger partial charge in [0.25, 0.3) is 0 Å². The summed E-state index contributed by atoms with van der Waals surface area (Å²) in [7, 11) is 1.86. The molecule has 3 rings (SSSR count). The fraction of sp³-hybridized carbons (Fsp3) is 0.429. The first-order chi connectivity index (χ1) is 11.5. The van der Waals surface area contributed by atoms with Crippen LogP contribution in [0.2, 0.25) is 0 Å². The molecular formula is C14H15FN6O2S. The Bertz CT molecular complexity index is 738. The van der Waals surface area contributed by atoms with Gasteiger partial charge in [-0.15, -0.1) is 0 Å². The van der Waals surface area contributed by atoms with Gasteiger partial charge in [-0.2, -0.15) is 0 Å². The molecule has 2 aliphatic heterocycles. The lowest BCUT2D eigenvalue weighted by atomic mass is 10.2. The van der Waals surface area contributed by atoms with Gasteiger partial charge in [-0.25, -0.2) is 9.18 Å². The van der Waals surface area contributed by atoms with Crippen molar-refractivity contribution in [1.29, 1.82) is 0 Å². The van der Waals surface area contributed by atoms with Gasteiger partial charge in [-0.05, 0) is 35.9 Å². The maximum atomic E-state index is 14.5. The number of hydrogen-bond acceptors (Lipinski definition) is 4. The van der Waals surface area contributed by atoms with Crippen LogP contribution in [-0.2, 0) is 4.74 Å². The topological polar surface area (TPSA) is 84.8 Å². The lowest BCUT2D eigenvalue weighted by molar-refractivity contribution is 0.145. The molecule has 1 aromatic rings. The number of likely N-dealkylation sites (N-methyl/N-ethyl adjacent to an activating group) is 1. The van der Waals surface area contributed by atoms with Crippen LogP contribution in [0.1, 0.15) is 0 Å². The minimum absolute atomic E-state index is 0.0493. The number of carbonyl (C=O) groups is 1. The van der Waals surface area contributed by atoms with Crippen LogP contribution in [0.3, 0.4) is 0 Å². The first kappa shape index (κ1) is 16.3. The van der Waals surface area contributed by atoms with Gasteiger partial charge in [-0.1, -0.05) is 5.11 Å². The van der Waals surface area contributed by atoms with Crippen LogP contribution in [0.4, 0.5) is 20.6 Å². The van der Waals surface area contributed by atoms with Crippen molar-refractivity contribution in [1.82, 2.24) is 4.90 Å². The lowest BCUT2D eigenvalue weighted by Crippen LogP contribution is -2.30. The average Bonchev–Trinajstić information content (AvgIpc) is 3.09. The van der Waals surface area contributed by atoms with E-state index in [0.717, 1.165) is 6.54 Å². The third kappa shape index (κ3) is 2.93. The number of cyclic esters (lactones) is 1. The van der Waals surface area contributed by atoms with Crippen LogP contribution < -0.4 is 9.80 Å². The van der Waals surface area contributed by atoms with Crippen LogP contribution in [0.25, 0.3) is 10.4 Å². The molecule has 1 amide bonds. The van der Waals surface area contributed by atoms with Crippen molar-refractivity contribution in [3.05, 3.63) is 34.5 Å². The second-order valence-electron chi connectivity index (χ2n) is 5.52. The zero-order valence-electron chi connectivity index (χ0n) is 12.9. The summed E-state index contributed by atoms with van der Waals surface area (Å²) in [6, 6.07) is 4.54. The smallest absolute Gasteiger partial charge is 0.414 e. The molecule has 0 unspecified atom stereocenters. The van der Waals surface area contributed by atoms with Crippen LogP contribution >= 0.6 is 12.2 Å². The summed E-state index contributed by atoms with van der Waals surface area (Å²) in [5, 5.41) is 3.96. The molecule has 1 atom stereocenters. The number of benzene rings is 1. The molecule has 0 spiro atoms. The number of azide groups is 1. The fourth-order valence-electron chi connectivity index (χ4n) is 2.71. The second kappa shape index (κ2) is 6.50. The molecule has 0 saturated carbocycles. The van der Waals surface area contributed by atoms with Gasteiger partial charge in [0.2, 0.25) is 0 Å². The van der Waals surface area contributed by atoms with Crippen LogP contribution in [0.15, 0.2) is 23.3 Å². The minimum atomic E-state index is -0.586. The largest absolute Gasteiger partial charge is 0.444 e. The van der Waals surface area contributed by atoms with E-state index < -0.39 is 18.0 Å². The Morgan fingerprint density at radius 3 is 2.88 bits per heavy atom. The Hall–Kier alpha value is -2.58. The predicted molar refractivity (Wildman–Crippen MR) is 90.6 cm³/mol. The Kier molecular flexibility index (Phi) is 4.41. The van der Waals surface area contributed by atoms with E-state index in [1.165, 1.54) is 11.0 Å². The zero-order valence-corrected chi connectivity index (χ0v) is 13.7. The Balaban J connectivity index is 1.79. The van der Waals surface area contributed by atoms with Crippen LogP contribution in [-0.4, -0.2) is 55.4 Å². The summed E-state index contributed by atoms with van der Waals surface area (Å²) in [6.07, 6.45) is -1.12. The van der Waals surface area contributed by atoms with E-state index in [2.05, 4.69) is 10.0 Å². The molecule has 2 fully saturated rings. The first-order valence-corrected chi connectivity index (χ1v) is 7.73. The van der Waals surface area contributed by atoms with Crippen molar-refractivity contribution in [3.63, 3.8) is 0 Å². The van der Waals surface area contributed by atoms with Gasteiger partial charge in [0, 0.05) is 25.0 Å². The van der Waals surface area contributed by atoms with Gasteiger partial charge >= 0.3 is 6.09 Å². The summed E-state index contributed by atoms with van der Waals surface area (Å²) < 4.78 is 19.6. The number of carbonyl (C=O) groups excluding carboxylic acids is 1. The lowest BCUT2D eigenvalue weighted by Gasteiger charge is -2.21. The molecule has 0 bridgehead atoms. The second-order valence-corrected chi connectivity index (χ2v) is 5.89. The zero-order chi connectivity index (χ0) is 17.3. The van der Waals surface area contributed by atoms with Crippen molar-refractivity contribution >= 4 is 34.8 Å². The van der Waals surface area contributed by atoms with Gasteiger partial charge in [0.1, 0.15) is 11.9 Å². The number of thiocarbonyl (C=S) groups is 1. The van der Waals surface area contributed by atoms with Crippen molar-refractivity contribution in [2.75, 3.05) is 43.0 Å². The highest BCUT2D eigenvalue weighted by molar-refractivity contribution is 7.80. The van der Waals surface area contributed by atoms with Crippen molar-refractivity contribution < 1.29 is 13.9 Å². The van der Waals surface area contributed by atoms with Gasteiger partial charge in [0.05, 0.1) is 24.5 Å². The molecule has 1 aromatic carbocycles. The SMILES string of the molecule is CN1CCN(c2ccc(N3C[C@@H](CN=[N+]=[N-])OC3=O)cc2F)C1=S. The maximum Gasteiger partial charge on any atom is 0.414 e. The first-order valence-electron chi connectivity index (χ1n) is 7.32. The average molecular weight is 350 g/mol. The van der Waals surface area contributed by atoms with Gasteiger partial charge < -0.3 is 14.5 Å².